The minimum atomic E-state index is 0.168. The zero-order chi connectivity index (χ0) is 21.1. The zero-order valence-electron chi connectivity index (χ0n) is 16.4. The predicted molar refractivity (Wildman–Crippen MR) is 130 cm³/mol. The van der Waals surface area contributed by atoms with E-state index in [0.717, 1.165) is 48.3 Å². The highest BCUT2D eigenvalue weighted by molar-refractivity contribution is 6.36. The average Bonchev–Trinajstić information content (AvgIpc) is 2.74. The van der Waals surface area contributed by atoms with Crippen LogP contribution in [-0.2, 0) is 6.42 Å². The summed E-state index contributed by atoms with van der Waals surface area (Å²) in [4.78, 5) is 4.86. The van der Waals surface area contributed by atoms with Crippen molar-refractivity contribution in [2.45, 2.75) is 12.5 Å². The highest BCUT2D eigenvalue weighted by Crippen LogP contribution is 2.36. The second-order valence-corrected chi connectivity index (χ2v) is 9.19. The Morgan fingerprint density at radius 2 is 1.50 bits per heavy atom. The number of benzene rings is 3. The van der Waals surface area contributed by atoms with E-state index >= 15 is 0 Å². The Morgan fingerprint density at radius 3 is 2.23 bits per heavy atom. The highest BCUT2D eigenvalue weighted by Gasteiger charge is 2.29. The molecule has 156 valence electrons. The maximum absolute atomic E-state index is 6.56. The number of piperazine rings is 1. The molecule has 2 nitrogen and oxygen atoms in total. The number of anilines is 1. The molecule has 1 unspecified atom stereocenters. The zero-order valence-corrected chi connectivity index (χ0v) is 19.4. The summed E-state index contributed by atoms with van der Waals surface area (Å²) in [7, 11) is 0. The second-order valence-electron chi connectivity index (χ2n) is 7.50. The van der Waals surface area contributed by atoms with Crippen molar-refractivity contribution in [3.8, 4) is 0 Å². The summed E-state index contributed by atoms with van der Waals surface area (Å²) in [6.45, 7) is 3.67. The normalized spacial score (nSPS) is 17.3. The van der Waals surface area contributed by atoms with Gasteiger partial charge in [0.05, 0.1) is 16.8 Å². The van der Waals surface area contributed by atoms with Gasteiger partial charge in [-0.3, -0.25) is 4.90 Å². The van der Waals surface area contributed by atoms with Crippen molar-refractivity contribution in [1.82, 2.24) is 4.90 Å². The van der Waals surface area contributed by atoms with Crippen molar-refractivity contribution in [1.29, 1.82) is 0 Å². The molecule has 0 aromatic heterocycles. The molecule has 0 spiro atoms. The van der Waals surface area contributed by atoms with Gasteiger partial charge in [0, 0.05) is 41.2 Å². The SMILES string of the molecule is Clc1ccc(C2CN(CCc3ccccc3Cl)CCN2c2ccc(Cl)cc2Cl)cc1. The van der Waals surface area contributed by atoms with Gasteiger partial charge in [-0.15, -0.1) is 0 Å². The van der Waals surface area contributed by atoms with Crippen LogP contribution in [0.4, 0.5) is 5.69 Å². The predicted octanol–water partition coefficient (Wildman–Crippen LogP) is 7.41. The summed E-state index contributed by atoms with van der Waals surface area (Å²) in [5.74, 6) is 0. The van der Waals surface area contributed by atoms with Gasteiger partial charge in [0.15, 0.2) is 0 Å². The summed E-state index contributed by atoms with van der Waals surface area (Å²) < 4.78 is 0. The summed E-state index contributed by atoms with van der Waals surface area (Å²) in [6.07, 6.45) is 0.925. The molecule has 0 bridgehead atoms. The molecular formula is C24H22Cl4N2. The van der Waals surface area contributed by atoms with Crippen molar-refractivity contribution in [2.24, 2.45) is 0 Å². The summed E-state index contributed by atoms with van der Waals surface area (Å²) >= 11 is 25.2. The lowest BCUT2D eigenvalue weighted by molar-refractivity contribution is 0.226. The van der Waals surface area contributed by atoms with Crippen LogP contribution in [0, 0.1) is 0 Å². The standard InChI is InChI=1S/C24H22Cl4N2/c25-19-7-5-18(6-8-19)24-16-29(12-11-17-3-1-2-4-21(17)27)13-14-30(24)23-10-9-20(26)15-22(23)28/h1-10,15,24H,11-14,16H2. The van der Waals surface area contributed by atoms with Crippen LogP contribution in [0.1, 0.15) is 17.2 Å². The van der Waals surface area contributed by atoms with Gasteiger partial charge < -0.3 is 4.90 Å². The molecule has 1 aliphatic rings. The van der Waals surface area contributed by atoms with E-state index in [9.17, 15) is 0 Å². The van der Waals surface area contributed by atoms with E-state index in [-0.39, 0.29) is 6.04 Å². The Bertz CT molecular complexity index is 1010. The first-order valence-electron chi connectivity index (χ1n) is 9.94. The Balaban J connectivity index is 1.56. The fraction of sp³-hybridized carbons (Fsp3) is 0.250. The Hall–Kier alpha value is -1.42. The maximum atomic E-state index is 6.56. The van der Waals surface area contributed by atoms with Crippen LogP contribution in [0.2, 0.25) is 20.1 Å². The molecule has 1 heterocycles. The average molecular weight is 480 g/mol. The fourth-order valence-corrected chi connectivity index (χ4v) is 4.87. The van der Waals surface area contributed by atoms with E-state index in [1.165, 1.54) is 11.1 Å². The molecule has 0 saturated carbocycles. The monoisotopic (exact) mass is 478 g/mol. The number of hydrogen-bond donors (Lipinski definition) is 0. The number of halogens is 4. The van der Waals surface area contributed by atoms with Crippen LogP contribution in [0.15, 0.2) is 66.7 Å². The van der Waals surface area contributed by atoms with E-state index in [2.05, 4.69) is 28.0 Å². The second kappa shape index (κ2) is 9.80. The van der Waals surface area contributed by atoms with Gasteiger partial charge in [-0.05, 0) is 53.9 Å². The van der Waals surface area contributed by atoms with Gasteiger partial charge in [-0.25, -0.2) is 0 Å². The highest BCUT2D eigenvalue weighted by atomic mass is 35.5. The molecule has 1 saturated heterocycles. The molecule has 4 rings (SSSR count). The van der Waals surface area contributed by atoms with E-state index in [1.807, 2.05) is 42.5 Å². The minimum absolute atomic E-state index is 0.168. The van der Waals surface area contributed by atoms with Crippen molar-refractivity contribution < 1.29 is 0 Å². The fourth-order valence-electron chi connectivity index (χ4n) is 4.00. The first-order chi connectivity index (χ1) is 14.5. The van der Waals surface area contributed by atoms with Crippen LogP contribution in [-0.4, -0.2) is 31.1 Å². The molecular weight excluding hydrogens is 458 g/mol. The summed E-state index contributed by atoms with van der Waals surface area (Å²) in [5.41, 5.74) is 3.41. The number of rotatable bonds is 5. The van der Waals surface area contributed by atoms with Gasteiger partial charge in [0.1, 0.15) is 0 Å². The molecule has 30 heavy (non-hydrogen) atoms. The molecule has 3 aromatic rings. The summed E-state index contributed by atoms with van der Waals surface area (Å²) in [5, 5.41) is 2.88. The van der Waals surface area contributed by atoms with E-state index < -0.39 is 0 Å². The van der Waals surface area contributed by atoms with Crippen LogP contribution < -0.4 is 4.90 Å². The van der Waals surface area contributed by atoms with Gasteiger partial charge >= 0.3 is 0 Å². The lowest BCUT2D eigenvalue weighted by Gasteiger charge is -2.43. The molecule has 0 radical (unpaired) electrons. The van der Waals surface area contributed by atoms with Crippen LogP contribution in [0.3, 0.4) is 0 Å². The Kier molecular flexibility index (Phi) is 7.12. The third-order valence-corrected chi connectivity index (χ3v) is 6.75. The van der Waals surface area contributed by atoms with E-state index in [1.54, 1.807) is 6.07 Å². The summed E-state index contributed by atoms with van der Waals surface area (Å²) in [6, 6.07) is 22.0. The molecule has 0 amide bonds. The third-order valence-electron chi connectivity index (χ3n) is 5.59. The molecule has 1 fully saturated rings. The molecule has 6 heteroatoms. The lowest BCUT2D eigenvalue weighted by atomic mass is 10.0. The molecule has 0 aliphatic carbocycles. The van der Waals surface area contributed by atoms with Crippen LogP contribution in [0.25, 0.3) is 0 Å². The number of nitrogens with zero attached hydrogens (tertiary/aromatic N) is 2. The Labute approximate surface area is 197 Å². The number of hydrogen-bond acceptors (Lipinski definition) is 2. The van der Waals surface area contributed by atoms with Crippen LogP contribution in [0.5, 0.6) is 0 Å². The topological polar surface area (TPSA) is 6.48 Å². The minimum Gasteiger partial charge on any atom is -0.361 e. The van der Waals surface area contributed by atoms with E-state index in [0.29, 0.717) is 10.0 Å². The molecule has 1 aliphatic heterocycles. The van der Waals surface area contributed by atoms with Crippen molar-refractivity contribution in [2.75, 3.05) is 31.1 Å². The van der Waals surface area contributed by atoms with Crippen molar-refractivity contribution >= 4 is 52.1 Å². The molecule has 0 N–H and O–H groups in total. The smallest absolute Gasteiger partial charge is 0.0670 e. The van der Waals surface area contributed by atoms with Gasteiger partial charge in [0.2, 0.25) is 0 Å². The van der Waals surface area contributed by atoms with Gasteiger partial charge in [0.25, 0.3) is 0 Å². The third kappa shape index (κ3) is 5.07. The van der Waals surface area contributed by atoms with E-state index in [4.69, 9.17) is 46.4 Å². The quantitative estimate of drug-likeness (QED) is 0.376. The lowest BCUT2D eigenvalue weighted by Crippen LogP contribution is -2.49. The molecule has 3 aromatic carbocycles. The van der Waals surface area contributed by atoms with Gasteiger partial charge in [-0.2, -0.15) is 0 Å². The Morgan fingerprint density at radius 1 is 0.767 bits per heavy atom. The van der Waals surface area contributed by atoms with Crippen LogP contribution >= 0.6 is 46.4 Å². The van der Waals surface area contributed by atoms with Crippen molar-refractivity contribution in [3.05, 3.63) is 97.9 Å². The molecule has 1 atom stereocenters. The van der Waals surface area contributed by atoms with Gasteiger partial charge in [-0.1, -0.05) is 76.7 Å². The maximum Gasteiger partial charge on any atom is 0.0670 e. The first-order valence-corrected chi connectivity index (χ1v) is 11.5. The van der Waals surface area contributed by atoms with Crippen molar-refractivity contribution in [3.63, 3.8) is 0 Å². The first kappa shape index (κ1) is 21.8. The largest absolute Gasteiger partial charge is 0.361 e.